The Morgan fingerprint density at radius 1 is 1.04 bits per heavy atom. The van der Waals surface area contributed by atoms with Crippen LogP contribution in [0.5, 0.6) is 0 Å². The maximum absolute atomic E-state index is 12.0. The molecule has 7 heteroatoms. The number of aryl methyl sites for hydroxylation is 2. The molecule has 0 fully saturated rings. The molecule has 0 radical (unpaired) electrons. The quantitative estimate of drug-likeness (QED) is 0.619. The van der Waals surface area contributed by atoms with Crippen LogP contribution in [0.25, 0.3) is 0 Å². The average molecular weight is 371 g/mol. The first-order valence-electron chi connectivity index (χ1n) is 7.75. The molecular formula is C18H18N4OS2. The molecule has 3 aromatic rings. The van der Waals surface area contributed by atoms with Crippen LogP contribution in [0.4, 0.5) is 16.5 Å². The number of carbonyl (C=O) groups is 1. The zero-order valence-corrected chi connectivity index (χ0v) is 15.6. The van der Waals surface area contributed by atoms with Gasteiger partial charge in [0.1, 0.15) is 0 Å². The summed E-state index contributed by atoms with van der Waals surface area (Å²) in [5.41, 5.74) is 4.10. The molecule has 1 amide bonds. The van der Waals surface area contributed by atoms with E-state index in [1.807, 2.05) is 62.4 Å². The molecule has 0 saturated heterocycles. The third-order valence-electron chi connectivity index (χ3n) is 3.34. The van der Waals surface area contributed by atoms with Gasteiger partial charge < -0.3 is 10.6 Å². The summed E-state index contributed by atoms with van der Waals surface area (Å²) in [4.78, 5) is 12.0. The normalized spacial score (nSPS) is 10.5. The molecule has 2 N–H and O–H groups in total. The van der Waals surface area contributed by atoms with Crippen LogP contribution >= 0.6 is 23.1 Å². The van der Waals surface area contributed by atoms with Gasteiger partial charge in [-0.1, -0.05) is 52.9 Å². The first-order valence-corrected chi connectivity index (χ1v) is 9.55. The van der Waals surface area contributed by atoms with E-state index in [2.05, 4.69) is 20.8 Å². The molecule has 1 aromatic heterocycles. The van der Waals surface area contributed by atoms with Crippen molar-refractivity contribution in [1.29, 1.82) is 0 Å². The fraction of sp³-hybridized carbons (Fsp3) is 0.167. The van der Waals surface area contributed by atoms with Gasteiger partial charge in [0.15, 0.2) is 4.34 Å². The van der Waals surface area contributed by atoms with Gasteiger partial charge in [-0.2, -0.15) is 0 Å². The van der Waals surface area contributed by atoms with E-state index in [-0.39, 0.29) is 5.91 Å². The van der Waals surface area contributed by atoms with E-state index >= 15 is 0 Å². The van der Waals surface area contributed by atoms with Crippen molar-refractivity contribution in [1.82, 2.24) is 10.2 Å². The minimum atomic E-state index is -0.0566. The predicted molar refractivity (Wildman–Crippen MR) is 105 cm³/mol. The second kappa shape index (κ2) is 8.13. The van der Waals surface area contributed by atoms with E-state index in [1.54, 1.807) is 0 Å². The lowest BCUT2D eigenvalue weighted by Crippen LogP contribution is -2.13. The number of amides is 1. The molecule has 0 aliphatic heterocycles. The van der Waals surface area contributed by atoms with Gasteiger partial charge in [0.05, 0.1) is 5.75 Å². The molecule has 3 rings (SSSR count). The van der Waals surface area contributed by atoms with Gasteiger partial charge in [-0.25, -0.2) is 0 Å². The van der Waals surface area contributed by atoms with Gasteiger partial charge in [-0.05, 0) is 43.7 Å². The fourth-order valence-corrected chi connectivity index (χ4v) is 3.70. The zero-order valence-electron chi connectivity index (χ0n) is 13.9. The number of aromatic nitrogens is 2. The number of thioether (sulfide) groups is 1. The Balaban J connectivity index is 1.51. The number of hydrogen-bond acceptors (Lipinski definition) is 6. The highest BCUT2D eigenvalue weighted by Gasteiger charge is 2.09. The van der Waals surface area contributed by atoms with Gasteiger partial charge in [-0.3, -0.25) is 4.79 Å². The van der Waals surface area contributed by atoms with Crippen molar-refractivity contribution in [3.63, 3.8) is 0 Å². The Hall–Kier alpha value is -2.38. The smallest absolute Gasteiger partial charge is 0.234 e. The second-order valence-electron chi connectivity index (χ2n) is 5.57. The van der Waals surface area contributed by atoms with E-state index in [0.29, 0.717) is 10.9 Å². The summed E-state index contributed by atoms with van der Waals surface area (Å²) in [5, 5.41) is 15.0. The van der Waals surface area contributed by atoms with Gasteiger partial charge in [-0.15, -0.1) is 10.2 Å². The number of nitrogens with one attached hydrogen (secondary N) is 2. The summed E-state index contributed by atoms with van der Waals surface area (Å²) in [5.74, 6) is 0.242. The molecule has 0 atom stereocenters. The number of hydrogen-bond donors (Lipinski definition) is 2. The number of anilines is 3. The highest BCUT2D eigenvalue weighted by molar-refractivity contribution is 8.01. The maximum Gasteiger partial charge on any atom is 0.234 e. The average Bonchev–Trinajstić information content (AvgIpc) is 3.03. The van der Waals surface area contributed by atoms with Gasteiger partial charge in [0.2, 0.25) is 11.0 Å². The Morgan fingerprint density at radius 2 is 1.84 bits per heavy atom. The number of carbonyl (C=O) groups excluding carboxylic acids is 1. The van der Waals surface area contributed by atoms with Crippen LogP contribution < -0.4 is 10.6 Å². The van der Waals surface area contributed by atoms with Crippen LogP contribution in [0.1, 0.15) is 11.1 Å². The highest BCUT2D eigenvalue weighted by atomic mass is 32.2. The Labute approximate surface area is 154 Å². The predicted octanol–water partition coefficient (Wildman–Crippen LogP) is 4.63. The first-order chi connectivity index (χ1) is 12.1. The molecule has 25 heavy (non-hydrogen) atoms. The van der Waals surface area contributed by atoms with Gasteiger partial charge in [0.25, 0.3) is 0 Å². The molecule has 0 spiro atoms. The molecule has 0 bridgehead atoms. The molecule has 1 heterocycles. The third kappa shape index (κ3) is 5.30. The Morgan fingerprint density at radius 3 is 2.60 bits per heavy atom. The molecule has 128 valence electrons. The van der Waals surface area contributed by atoms with Crippen molar-refractivity contribution >= 4 is 45.5 Å². The molecule has 2 aromatic carbocycles. The Bertz CT molecular complexity index is 862. The SMILES string of the molecule is Cc1ccc(Nc2nnc(SCC(=O)Nc3cccc(C)c3)s2)cc1. The van der Waals surface area contributed by atoms with Crippen molar-refractivity contribution in [3.05, 3.63) is 59.7 Å². The minimum Gasteiger partial charge on any atom is -0.330 e. The molecular weight excluding hydrogens is 352 g/mol. The summed E-state index contributed by atoms with van der Waals surface area (Å²) in [6, 6.07) is 15.8. The summed E-state index contributed by atoms with van der Waals surface area (Å²) < 4.78 is 0.758. The van der Waals surface area contributed by atoms with Crippen molar-refractivity contribution in [3.8, 4) is 0 Å². The van der Waals surface area contributed by atoms with Crippen molar-refractivity contribution in [2.75, 3.05) is 16.4 Å². The van der Waals surface area contributed by atoms with Crippen LogP contribution in [0.2, 0.25) is 0 Å². The van der Waals surface area contributed by atoms with E-state index in [4.69, 9.17) is 0 Å². The molecule has 0 aliphatic rings. The summed E-state index contributed by atoms with van der Waals surface area (Å²) >= 11 is 2.81. The lowest BCUT2D eigenvalue weighted by Gasteiger charge is -2.04. The molecule has 0 unspecified atom stereocenters. The minimum absolute atomic E-state index is 0.0566. The summed E-state index contributed by atoms with van der Waals surface area (Å²) in [6.45, 7) is 4.04. The van der Waals surface area contributed by atoms with Crippen LogP contribution in [-0.4, -0.2) is 21.9 Å². The monoisotopic (exact) mass is 370 g/mol. The lowest BCUT2D eigenvalue weighted by molar-refractivity contribution is -0.113. The third-order valence-corrected chi connectivity index (χ3v) is 5.31. The molecule has 5 nitrogen and oxygen atoms in total. The number of benzene rings is 2. The van der Waals surface area contributed by atoms with Crippen LogP contribution in [0, 0.1) is 13.8 Å². The van der Waals surface area contributed by atoms with E-state index in [1.165, 1.54) is 28.7 Å². The lowest BCUT2D eigenvalue weighted by atomic mass is 10.2. The standard InChI is InChI=1S/C18H18N4OS2/c1-12-6-8-14(9-7-12)20-17-21-22-18(25-17)24-11-16(23)19-15-5-3-4-13(2)10-15/h3-10H,11H2,1-2H3,(H,19,23)(H,20,21). The number of rotatable bonds is 6. The largest absolute Gasteiger partial charge is 0.330 e. The van der Waals surface area contributed by atoms with Crippen LogP contribution in [0.15, 0.2) is 52.9 Å². The van der Waals surface area contributed by atoms with E-state index in [0.717, 1.165) is 21.3 Å². The highest BCUT2D eigenvalue weighted by Crippen LogP contribution is 2.27. The fourth-order valence-electron chi connectivity index (χ4n) is 2.13. The van der Waals surface area contributed by atoms with E-state index < -0.39 is 0 Å². The van der Waals surface area contributed by atoms with Crippen LogP contribution in [-0.2, 0) is 4.79 Å². The zero-order chi connectivity index (χ0) is 17.6. The van der Waals surface area contributed by atoms with Gasteiger partial charge in [0, 0.05) is 11.4 Å². The summed E-state index contributed by atoms with van der Waals surface area (Å²) in [7, 11) is 0. The van der Waals surface area contributed by atoms with Crippen molar-refractivity contribution in [2.24, 2.45) is 0 Å². The van der Waals surface area contributed by atoms with Gasteiger partial charge >= 0.3 is 0 Å². The second-order valence-corrected chi connectivity index (χ2v) is 7.77. The topological polar surface area (TPSA) is 66.9 Å². The molecule has 0 saturated carbocycles. The number of nitrogens with zero attached hydrogens (tertiary/aromatic N) is 2. The Kier molecular flexibility index (Phi) is 5.67. The maximum atomic E-state index is 12.0. The van der Waals surface area contributed by atoms with E-state index in [9.17, 15) is 4.79 Å². The summed E-state index contributed by atoms with van der Waals surface area (Å²) in [6.07, 6.45) is 0. The van der Waals surface area contributed by atoms with Crippen molar-refractivity contribution < 1.29 is 4.79 Å². The first kappa shape index (κ1) is 17.4. The van der Waals surface area contributed by atoms with Crippen LogP contribution in [0.3, 0.4) is 0 Å². The van der Waals surface area contributed by atoms with Crippen molar-refractivity contribution in [2.45, 2.75) is 18.2 Å². The molecule has 0 aliphatic carbocycles.